The van der Waals surface area contributed by atoms with Crippen molar-refractivity contribution >= 4 is 23.1 Å². The zero-order chi connectivity index (χ0) is 21.3. The van der Waals surface area contributed by atoms with E-state index in [1.807, 2.05) is 42.5 Å². The molecule has 0 atom stereocenters. The molecular formula is C25H33N3O2. The van der Waals surface area contributed by atoms with Crippen LogP contribution in [0.25, 0.3) is 0 Å². The van der Waals surface area contributed by atoms with Gasteiger partial charge in [-0.15, -0.1) is 0 Å². The van der Waals surface area contributed by atoms with Crippen LogP contribution in [0.2, 0.25) is 0 Å². The number of ketones is 1. The van der Waals surface area contributed by atoms with Crippen molar-refractivity contribution in [2.24, 2.45) is 0 Å². The van der Waals surface area contributed by atoms with E-state index in [0.29, 0.717) is 5.56 Å². The van der Waals surface area contributed by atoms with E-state index >= 15 is 0 Å². The molecule has 30 heavy (non-hydrogen) atoms. The first-order chi connectivity index (χ1) is 14.6. The Bertz CT molecular complexity index is 840. The van der Waals surface area contributed by atoms with Crippen LogP contribution in [0.3, 0.4) is 0 Å². The topological polar surface area (TPSA) is 52.7 Å². The Morgan fingerprint density at radius 3 is 2.27 bits per heavy atom. The largest absolute Gasteiger partial charge is 0.367 e. The first-order valence-corrected chi connectivity index (χ1v) is 11.1. The van der Waals surface area contributed by atoms with Crippen LogP contribution in [0.1, 0.15) is 49.0 Å². The molecule has 1 heterocycles. The van der Waals surface area contributed by atoms with Gasteiger partial charge in [0.05, 0.1) is 11.4 Å². The standard InChI is InChI=1S/C25H33N3O2/c1-3-7-20-10-12-21(13-11-20)24(29)14-15-25(30)26-22-8-5-6-9-23(22)28-18-16-27(4-2)17-19-28/h5-6,8-13H,3-4,7,14-19H2,1-2H3,(H,26,30). The molecule has 0 aromatic heterocycles. The summed E-state index contributed by atoms with van der Waals surface area (Å²) in [5.74, 6) is -0.109. The quantitative estimate of drug-likeness (QED) is 0.627. The van der Waals surface area contributed by atoms with E-state index in [1.165, 1.54) is 5.56 Å². The second-order valence-electron chi connectivity index (χ2n) is 7.86. The van der Waals surface area contributed by atoms with Gasteiger partial charge in [-0.2, -0.15) is 0 Å². The molecule has 5 nitrogen and oxygen atoms in total. The van der Waals surface area contributed by atoms with Crippen LogP contribution in [-0.4, -0.2) is 49.3 Å². The lowest BCUT2D eigenvalue weighted by molar-refractivity contribution is -0.116. The molecule has 0 bridgehead atoms. The molecule has 3 rings (SSSR count). The molecule has 5 heteroatoms. The number of carbonyl (C=O) groups excluding carboxylic acids is 2. The number of nitrogens with one attached hydrogen (secondary N) is 1. The molecule has 0 unspecified atom stereocenters. The van der Waals surface area contributed by atoms with Crippen LogP contribution in [0.15, 0.2) is 48.5 Å². The van der Waals surface area contributed by atoms with Gasteiger partial charge in [0.15, 0.2) is 5.78 Å². The van der Waals surface area contributed by atoms with E-state index in [2.05, 4.69) is 35.0 Å². The minimum Gasteiger partial charge on any atom is -0.367 e. The third-order valence-corrected chi connectivity index (χ3v) is 5.73. The molecule has 1 fully saturated rings. The van der Waals surface area contributed by atoms with Crippen LogP contribution in [0, 0.1) is 0 Å². The molecule has 1 saturated heterocycles. The second kappa shape index (κ2) is 10.9. The number of likely N-dealkylation sites (N-methyl/N-ethyl adjacent to an activating group) is 1. The highest BCUT2D eigenvalue weighted by atomic mass is 16.2. The van der Waals surface area contributed by atoms with Crippen molar-refractivity contribution < 1.29 is 9.59 Å². The van der Waals surface area contributed by atoms with E-state index in [0.717, 1.165) is 56.9 Å². The Morgan fingerprint density at radius 1 is 0.900 bits per heavy atom. The zero-order valence-electron chi connectivity index (χ0n) is 18.2. The third-order valence-electron chi connectivity index (χ3n) is 5.73. The number of hydrogen-bond donors (Lipinski definition) is 1. The van der Waals surface area contributed by atoms with Crippen LogP contribution in [0.5, 0.6) is 0 Å². The Kier molecular flexibility index (Phi) is 8.03. The maximum Gasteiger partial charge on any atom is 0.224 e. The fourth-order valence-electron chi connectivity index (χ4n) is 3.89. The monoisotopic (exact) mass is 407 g/mol. The van der Waals surface area contributed by atoms with Crippen molar-refractivity contribution in [3.8, 4) is 0 Å². The lowest BCUT2D eigenvalue weighted by Crippen LogP contribution is -2.46. The number of para-hydroxylation sites is 2. The van der Waals surface area contributed by atoms with Gasteiger partial charge in [-0.25, -0.2) is 0 Å². The van der Waals surface area contributed by atoms with Crippen LogP contribution >= 0.6 is 0 Å². The predicted octanol–water partition coefficient (Wildman–Crippen LogP) is 4.38. The average molecular weight is 408 g/mol. The molecule has 1 N–H and O–H groups in total. The molecule has 0 radical (unpaired) electrons. The third kappa shape index (κ3) is 5.92. The summed E-state index contributed by atoms with van der Waals surface area (Å²) in [5, 5.41) is 3.02. The van der Waals surface area contributed by atoms with E-state index < -0.39 is 0 Å². The van der Waals surface area contributed by atoms with Gasteiger partial charge in [0, 0.05) is 44.6 Å². The molecular weight excluding hydrogens is 374 g/mol. The first kappa shape index (κ1) is 22.0. The summed E-state index contributed by atoms with van der Waals surface area (Å²) >= 11 is 0. The Morgan fingerprint density at radius 2 is 1.60 bits per heavy atom. The highest BCUT2D eigenvalue weighted by molar-refractivity contribution is 6.00. The minimum absolute atomic E-state index is 0.0113. The minimum atomic E-state index is -0.120. The molecule has 2 aromatic rings. The molecule has 2 aromatic carbocycles. The summed E-state index contributed by atoms with van der Waals surface area (Å²) in [5.41, 5.74) is 3.79. The summed E-state index contributed by atoms with van der Waals surface area (Å²) in [6, 6.07) is 15.7. The molecule has 1 aliphatic rings. The van der Waals surface area contributed by atoms with Crippen molar-refractivity contribution in [2.75, 3.05) is 42.9 Å². The lowest BCUT2D eigenvalue weighted by atomic mass is 10.0. The number of rotatable bonds is 9. The predicted molar refractivity (Wildman–Crippen MR) is 123 cm³/mol. The zero-order valence-corrected chi connectivity index (χ0v) is 18.2. The molecule has 160 valence electrons. The summed E-state index contributed by atoms with van der Waals surface area (Å²) in [7, 11) is 0. The summed E-state index contributed by atoms with van der Waals surface area (Å²) in [4.78, 5) is 29.7. The van der Waals surface area contributed by atoms with Crippen LogP contribution < -0.4 is 10.2 Å². The van der Waals surface area contributed by atoms with Crippen molar-refractivity contribution in [2.45, 2.75) is 39.5 Å². The molecule has 0 saturated carbocycles. The average Bonchev–Trinajstić information content (AvgIpc) is 2.79. The lowest BCUT2D eigenvalue weighted by Gasteiger charge is -2.36. The number of aryl methyl sites for hydroxylation is 1. The molecule has 1 aliphatic heterocycles. The normalized spacial score (nSPS) is 14.5. The molecule has 0 spiro atoms. The maximum absolute atomic E-state index is 12.5. The fourth-order valence-corrected chi connectivity index (χ4v) is 3.89. The number of hydrogen-bond acceptors (Lipinski definition) is 4. The Hall–Kier alpha value is -2.66. The molecule has 1 amide bonds. The van der Waals surface area contributed by atoms with Crippen molar-refractivity contribution in [1.82, 2.24) is 4.90 Å². The van der Waals surface area contributed by atoms with Crippen molar-refractivity contribution in [3.05, 3.63) is 59.7 Å². The smallest absolute Gasteiger partial charge is 0.224 e. The summed E-state index contributed by atoms with van der Waals surface area (Å²) in [6.07, 6.45) is 2.51. The van der Waals surface area contributed by atoms with E-state index in [9.17, 15) is 9.59 Å². The number of amides is 1. The highest BCUT2D eigenvalue weighted by Crippen LogP contribution is 2.27. The van der Waals surface area contributed by atoms with Gasteiger partial charge in [0.1, 0.15) is 0 Å². The number of nitrogens with zero attached hydrogens (tertiary/aromatic N) is 2. The van der Waals surface area contributed by atoms with Crippen molar-refractivity contribution in [3.63, 3.8) is 0 Å². The van der Waals surface area contributed by atoms with Gasteiger partial charge in [0.2, 0.25) is 5.91 Å². The van der Waals surface area contributed by atoms with Gasteiger partial charge in [-0.1, -0.05) is 56.7 Å². The second-order valence-corrected chi connectivity index (χ2v) is 7.86. The number of piperazine rings is 1. The van der Waals surface area contributed by atoms with Gasteiger partial charge >= 0.3 is 0 Å². The summed E-state index contributed by atoms with van der Waals surface area (Å²) in [6.45, 7) is 9.36. The van der Waals surface area contributed by atoms with Crippen molar-refractivity contribution in [1.29, 1.82) is 0 Å². The highest BCUT2D eigenvalue weighted by Gasteiger charge is 2.19. The number of anilines is 2. The Labute approximate surface area is 180 Å². The number of Topliss-reactive ketones (excluding diaryl/α,β-unsaturated/α-hetero) is 1. The van der Waals surface area contributed by atoms with Gasteiger partial charge in [0.25, 0.3) is 0 Å². The first-order valence-electron chi connectivity index (χ1n) is 11.1. The van der Waals surface area contributed by atoms with Gasteiger partial charge in [-0.05, 0) is 30.7 Å². The summed E-state index contributed by atoms with van der Waals surface area (Å²) < 4.78 is 0. The number of benzene rings is 2. The van der Waals surface area contributed by atoms with Gasteiger partial charge in [-0.3, -0.25) is 9.59 Å². The van der Waals surface area contributed by atoms with E-state index in [-0.39, 0.29) is 24.5 Å². The Balaban J connectivity index is 1.54. The SMILES string of the molecule is CCCc1ccc(C(=O)CCC(=O)Nc2ccccc2N2CCN(CC)CC2)cc1. The maximum atomic E-state index is 12.5. The fraction of sp³-hybridized carbons (Fsp3) is 0.440. The van der Waals surface area contributed by atoms with E-state index in [1.54, 1.807) is 0 Å². The van der Waals surface area contributed by atoms with E-state index in [4.69, 9.17) is 0 Å². The van der Waals surface area contributed by atoms with Crippen LogP contribution in [0.4, 0.5) is 11.4 Å². The van der Waals surface area contributed by atoms with Gasteiger partial charge < -0.3 is 15.1 Å². The van der Waals surface area contributed by atoms with Crippen LogP contribution in [-0.2, 0) is 11.2 Å². The number of carbonyl (C=O) groups is 2. The molecule has 0 aliphatic carbocycles.